The third-order valence-electron chi connectivity index (χ3n) is 6.75. The van der Waals surface area contributed by atoms with Gasteiger partial charge in [0.25, 0.3) is 0 Å². The van der Waals surface area contributed by atoms with Crippen LogP contribution in [-0.2, 0) is 23.1 Å². The zero-order valence-electron chi connectivity index (χ0n) is 18.1. The molecule has 160 valence electrons. The third kappa shape index (κ3) is 3.19. The van der Waals surface area contributed by atoms with E-state index in [0.29, 0.717) is 5.95 Å². The Morgan fingerprint density at radius 2 is 1.72 bits per heavy atom. The van der Waals surface area contributed by atoms with E-state index in [4.69, 9.17) is 9.72 Å². The molecule has 1 saturated heterocycles. The van der Waals surface area contributed by atoms with Crippen LogP contribution in [0.25, 0.3) is 5.95 Å². The number of anilines is 1. The Hall–Kier alpha value is -3.51. The summed E-state index contributed by atoms with van der Waals surface area (Å²) >= 11 is 0. The zero-order valence-corrected chi connectivity index (χ0v) is 18.1. The van der Waals surface area contributed by atoms with Crippen LogP contribution in [0.1, 0.15) is 27.9 Å². The fraction of sp³-hybridized carbons (Fsp3) is 0.269. The number of hydrogen-bond donors (Lipinski definition) is 0. The molecule has 2 aliphatic rings. The van der Waals surface area contributed by atoms with Crippen molar-refractivity contribution in [3.63, 3.8) is 0 Å². The maximum absolute atomic E-state index is 5.67. The predicted molar refractivity (Wildman–Crippen MR) is 123 cm³/mol. The number of nitrogens with zero attached hydrogens (tertiary/aromatic N) is 5. The normalized spacial score (nSPS) is 17.0. The van der Waals surface area contributed by atoms with Crippen LogP contribution >= 0.6 is 0 Å². The SMILES string of the molecule is Cc1ccc(C2(c3ccc(N4CCc5cnc(-n6ccnc6)nc5C4)cc3)COC2)cc1. The molecule has 2 aromatic carbocycles. The minimum atomic E-state index is -0.0341. The average molecular weight is 424 g/mol. The Kier molecular flexibility index (Phi) is 4.54. The van der Waals surface area contributed by atoms with Crippen molar-refractivity contribution < 1.29 is 4.74 Å². The molecular weight excluding hydrogens is 398 g/mol. The topological polar surface area (TPSA) is 56.1 Å². The van der Waals surface area contributed by atoms with Crippen LogP contribution in [0.15, 0.2) is 73.4 Å². The number of benzene rings is 2. The van der Waals surface area contributed by atoms with Crippen molar-refractivity contribution in [3.05, 3.63) is 101 Å². The van der Waals surface area contributed by atoms with E-state index in [-0.39, 0.29) is 5.41 Å². The largest absolute Gasteiger partial charge is 0.379 e. The summed E-state index contributed by atoms with van der Waals surface area (Å²) in [7, 11) is 0. The summed E-state index contributed by atoms with van der Waals surface area (Å²) in [4.78, 5) is 15.8. The highest BCUT2D eigenvalue weighted by Crippen LogP contribution is 2.40. The molecule has 1 fully saturated rings. The Bertz CT molecular complexity index is 1230. The van der Waals surface area contributed by atoms with Crippen LogP contribution in [-0.4, -0.2) is 39.3 Å². The standard InChI is InChI=1S/C26H25N5O/c1-19-2-4-21(5-3-19)26(16-32-17-26)22-6-8-23(9-7-22)30-12-10-20-14-28-25(29-24(20)15-30)31-13-11-27-18-31/h2-9,11,13-14,18H,10,12,15-17H2,1H3. The number of aromatic nitrogens is 4. The fourth-order valence-corrected chi connectivity index (χ4v) is 4.68. The van der Waals surface area contributed by atoms with Gasteiger partial charge < -0.3 is 9.64 Å². The van der Waals surface area contributed by atoms with Crippen molar-refractivity contribution in [2.24, 2.45) is 0 Å². The van der Waals surface area contributed by atoms with Crippen molar-refractivity contribution >= 4 is 5.69 Å². The second kappa shape index (κ2) is 7.57. The van der Waals surface area contributed by atoms with Crippen LogP contribution in [0, 0.1) is 6.92 Å². The van der Waals surface area contributed by atoms with Gasteiger partial charge in [0, 0.05) is 30.8 Å². The molecule has 0 unspecified atom stereocenters. The van der Waals surface area contributed by atoms with Crippen molar-refractivity contribution in [1.82, 2.24) is 19.5 Å². The predicted octanol–water partition coefficient (Wildman–Crippen LogP) is 3.85. The molecule has 0 radical (unpaired) electrons. The first-order chi connectivity index (χ1) is 15.7. The van der Waals surface area contributed by atoms with E-state index in [1.807, 2.05) is 17.0 Å². The number of hydrogen-bond acceptors (Lipinski definition) is 5. The molecule has 0 amide bonds. The molecule has 0 saturated carbocycles. The monoisotopic (exact) mass is 423 g/mol. The van der Waals surface area contributed by atoms with E-state index in [9.17, 15) is 0 Å². The summed E-state index contributed by atoms with van der Waals surface area (Å²) in [6.45, 7) is 5.35. The fourth-order valence-electron chi connectivity index (χ4n) is 4.68. The first kappa shape index (κ1) is 19.2. The summed E-state index contributed by atoms with van der Waals surface area (Å²) < 4.78 is 7.52. The molecule has 2 aliphatic heterocycles. The Morgan fingerprint density at radius 1 is 0.969 bits per heavy atom. The van der Waals surface area contributed by atoms with Crippen LogP contribution in [0.2, 0.25) is 0 Å². The lowest BCUT2D eigenvalue weighted by molar-refractivity contribution is -0.0379. The van der Waals surface area contributed by atoms with E-state index < -0.39 is 0 Å². The molecule has 6 nitrogen and oxygen atoms in total. The summed E-state index contributed by atoms with van der Waals surface area (Å²) in [6.07, 6.45) is 8.25. The average Bonchev–Trinajstić information content (AvgIpc) is 3.34. The van der Waals surface area contributed by atoms with Gasteiger partial charge in [0.15, 0.2) is 0 Å². The molecule has 4 heterocycles. The molecule has 32 heavy (non-hydrogen) atoms. The first-order valence-electron chi connectivity index (χ1n) is 11.0. The molecular formula is C26H25N5O. The molecule has 6 rings (SSSR count). The number of aryl methyl sites for hydroxylation is 1. The number of ether oxygens (including phenoxy) is 1. The van der Waals surface area contributed by atoms with Crippen molar-refractivity contribution in [1.29, 1.82) is 0 Å². The number of rotatable bonds is 4. The Labute approximate surface area is 187 Å². The van der Waals surface area contributed by atoms with Gasteiger partial charge in [-0.2, -0.15) is 0 Å². The van der Waals surface area contributed by atoms with Gasteiger partial charge in [0.05, 0.1) is 30.9 Å². The van der Waals surface area contributed by atoms with Crippen molar-refractivity contribution in [2.45, 2.75) is 25.3 Å². The van der Waals surface area contributed by atoms with Crippen molar-refractivity contribution in [2.75, 3.05) is 24.7 Å². The lowest BCUT2D eigenvalue weighted by Crippen LogP contribution is -2.47. The molecule has 4 aromatic rings. The summed E-state index contributed by atoms with van der Waals surface area (Å²) in [6, 6.07) is 17.9. The maximum atomic E-state index is 5.67. The van der Waals surface area contributed by atoms with E-state index in [2.05, 4.69) is 70.3 Å². The summed E-state index contributed by atoms with van der Waals surface area (Å²) in [5.74, 6) is 0.670. The van der Waals surface area contributed by atoms with Crippen LogP contribution in [0.4, 0.5) is 5.69 Å². The van der Waals surface area contributed by atoms with Gasteiger partial charge in [-0.1, -0.05) is 42.0 Å². The third-order valence-corrected chi connectivity index (χ3v) is 6.75. The second-order valence-corrected chi connectivity index (χ2v) is 8.77. The Balaban J connectivity index is 1.25. The Morgan fingerprint density at radius 3 is 2.38 bits per heavy atom. The highest BCUT2D eigenvalue weighted by molar-refractivity contribution is 5.53. The van der Waals surface area contributed by atoms with Crippen LogP contribution < -0.4 is 4.90 Å². The minimum Gasteiger partial charge on any atom is -0.379 e. The zero-order chi connectivity index (χ0) is 21.5. The van der Waals surface area contributed by atoms with Crippen LogP contribution in [0.5, 0.6) is 0 Å². The molecule has 0 atom stereocenters. The van der Waals surface area contributed by atoms with Gasteiger partial charge in [-0.3, -0.25) is 4.57 Å². The summed E-state index contributed by atoms with van der Waals surface area (Å²) in [5, 5.41) is 0. The van der Waals surface area contributed by atoms with E-state index in [1.54, 1.807) is 12.5 Å². The van der Waals surface area contributed by atoms with Gasteiger partial charge in [0.2, 0.25) is 5.95 Å². The lowest BCUT2D eigenvalue weighted by Gasteiger charge is -2.43. The van der Waals surface area contributed by atoms with Gasteiger partial charge in [-0.05, 0) is 42.2 Å². The number of imidazole rings is 1. The van der Waals surface area contributed by atoms with E-state index in [1.165, 1.54) is 27.9 Å². The first-order valence-corrected chi connectivity index (χ1v) is 11.0. The second-order valence-electron chi connectivity index (χ2n) is 8.77. The van der Waals surface area contributed by atoms with Crippen LogP contribution in [0.3, 0.4) is 0 Å². The molecule has 2 aromatic heterocycles. The van der Waals surface area contributed by atoms with Gasteiger partial charge in [-0.15, -0.1) is 0 Å². The molecule has 0 bridgehead atoms. The van der Waals surface area contributed by atoms with Gasteiger partial charge in [0.1, 0.15) is 6.33 Å². The van der Waals surface area contributed by atoms with Gasteiger partial charge in [-0.25, -0.2) is 15.0 Å². The minimum absolute atomic E-state index is 0.0341. The smallest absolute Gasteiger partial charge is 0.235 e. The molecule has 0 N–H and O–H groups in total. The molecule has 0 spiro atoms. The highest BCUT2D eigenvalue weighted by atomic mass is 16.5. The lowest BCUT2D eigenvalue weighted by atomic mass is 9.73. The highest BCUT2D eigenvalue weighted by Gasteiger charge is 2.42. The quantitative estimate of drug-likeness (QED) is 0.499. The number of fused-ring (bicyclic) bond motifs is 1. The molecule has 6 heteroatoms. The van der Waals surface area contributed by atoms with Gasteiger partial charge >= 0.3 is 0 Å². The van der Waals surface area contributed by atoms with Crippen molar-refractivity contribution in [3.8, 4) is 5.95 Å². The van der Waals surface area contributed by atoms with E-state index in [0.717, 1.165) is 38.4 Å². The summed E-state index contributed by atoms with van der Waals surface area (Å²) in [5.41, 5.74) is 7.44. The van der Waals surface area contributed by atoms with E-state index >= 15 is 0 Å². The maximum Gasteiger partial charge on any atom is 0.235 e. The molecule has 0 aliphatic carbocycles.